The van der Waals surface area contributed by atoms with Crippen molar-refractivity contribution in [3.63, 3.8) is 0 Å². The van der Waals surface area contributed by atoms with E-state index in [0.717, 1.165) is 11.8 Å². The molecule has 1 aliphatic rings. The number of hydrogen-bond acceptors (Lipinski definition) is 5. The SMILES string of the molecule is CS(=O)(=O)N1CCC[C@H](C(=O)N/N=C\c2ccoc2)C1. The zero-order chi connectivity index (χ0) is 14.6. The van der Waals surface area contributed by atoms with Crippen LogP contribution < -0.4 is 5.43 Å². The third kappa shape index (κ3) is 3.91. The number of nitrogens with one attached hydrogen (secondary N) is 1. The smallest absolute Gasteiger partial charge is 0.244 e. The van der Waals surface area contributed by atoms with Gasteiger partial charge in [-0.3, -0.25) is 4.79 Å². The third-order valence-corrected chi connectivity index (χ3v) is 4.43. The Labute approximate surface area is 117 Å². The van der Waals surface area contributed by atoms with Crippen molar-refractivity contribution in [1.29, 1.82) is 0 Å². The van der Waals surface area contributed by atoms with Gasteiger partial charge in [0.05, 0.1) is 30.9 Å². The van der Waals surface area contributed by atoms with Crippen LogP contribution in [0.15, 0.2) is 28.1 Å². The van der Waals surface area contributed by atoms with E-state index in [2.05, 4.69) is 10.5 Å². The normalized spacial score (nSPS) is 21.1. The van der Waals surface area contributed by atoms with Crippen LogP contribution >= 0.6 is 0 Å². The molecule has 110 valence electrons. The second-order valence-corrected chi connectivity index (χ2v) is 6.73. The minimum absolute atomic E-state index is 0.214. The number of nitrogens with zero attached hydrogens (tertiary/aromatic N) is 2. The molecule has 0 aliphatic carbocycles. The summed E-state index contributed by atoms with van der Waals surface area (Å²) in [6.45, 7) is 0.687. The summed E-state index contributed by atoms with van der Waals surface area (Å²) >= 11 is 0. The summed E-state index contributed by atoms with van der Waals surface area (Å²) in [6.07, 6.45) is 6.98. The molecule has 7 nitrogen and oxygen atoms in total. The number of hydrazone groups is 1. The number of rotatable bonds is 4. The molecule has 0 bridgehead atoms. The Morgan fingerprint density at radius 1 is 1.60 bits per heavy atom. The van der Waals surface area contributed by atoms with Gasteiger partial charge >= 0.3 is 0 Å². The molecule has 0 saturated carbocycles. The van der Waals surface area contributed by atoms with E-state index in [4.69, 9.17) is 4.42 Å². The lowest BCUT2D eigenvalue weighted by Gasteiger charge is -2.29. The Hall–Kier alpha value is -1.67. The van der Waals surface area contributed by atoms with E-state index in [1.807, 2.05) is 0 Å². The third-order valence-electron chi connectivity index (χ3n) is 3.16. The Bertz CT molecular complexity index is 580. The van der Waals surface area contributed by atoms with Crippen LogP contribution in [-0.2, 0) is 14.8 Å². The lowest BCUT2D eigenvalue weighted by atomic mass is 9.99. The van der Waals surface area contributed by atoms with Crippen LogP contribution in [-0.4, -0.2) is 44.2 Å². The number of amides is 1. The first kappa shape index (κ1) is 14.7. The summed E-state index contributed by atoms with van der Waals surface area (Å²) in [5.74, 6) is -0.627. The molecule has 1 aromatic heterocycles. The first-order valence-corrected chi connectivity index (χ1v) is 8.12. The highest BCUT2D eigenvalue weighted by molar-refractivity contribution is 7.88. The molecule has 1 aliphatic heterocycles. The molecule has 8 heteroatoms. The fraction of sp³-hybridized carbons (Fsp3) is 0.500. The van der Waals surface area contributed by atoms with Gasteiger partial charge < -0.3 is 4.42 Å². The summed E-state index contributed by atoms with van der Waals surface area (Å²) in [7, 11) is -3.25. The highest BCUT2D eigenvalue weighted by Gasteiger charge is 2.29. The summed E-state index contributed by atoms with van der Waals surface area (Å²) in [5.41, 5.74) is 3.17. The molecular weight excluding hydrogens is 282 g/mol. The topological polar surface area (TPSA) is 92.0 Å². The standard InChI is InChI=1S/C12H17N3O4S/c1-20(17,18)15-5-2-3-11(8-15)12(16)14-13-7-10-4-6-19-9-10/h4,6-7,9,11H,2-3,5,8H2,1H3,(H,14,16)/b13-7-/t11-/m0/s1. The predicted octanol–water partition coefficient (Wildman–Crippen LogP) is 0.401. The Morgan fingerprint density at radius 3 is 3.05 bits per heavy atom. The molecule has 2 rings (SSSR count). The molecule has 0 spiro atoms. The van der Waals surface area contributed by atoms with Gasteiger partial charge in [0, 0.05) is 18.7 Å². The van der Waals surface area contributed by atoms with Crippen LogP contribution in [0.25, 0.3) is 0 Å². The molecule has 2 heterocycles. The second-order valence-electron chi connectivity index (χ2n) is 4.75. The quantitative estimate of drug-likeness (QED) is 0.643. The molecule has 1 fully saturated rings. The van der Waals surface area contributed by atoms with Crippen LogP contribution in [0, 0.1) is 5.92 Å². The lowest BCUT2D eigenvalue weighted by Crippen LogP contribution is -2.44. The van der Waals surface area contributed by atoms with Crippen molar-refractivity contribution in [3.8, 4) is 0 Å². The van der Waals surface area contributed by atoms with Crippen LogP contribution in [0.3, 0.4) is 0 Å². The molecule has 1 N–H and O–H groups in total. The molecule has 1 aromatic rings. The highest BCUT2D eigenvalue weighted by atomic mass is 32.2. The van der Waals surface area contributed by atoms with Gasteiger partial charge in [0.25, 0.3) is 0 Å². The van der Waals surface area contributed by atoms with Gasteiger partial charge in [0.1, 0.15) is 0 Å². The van der Waals surface area contributed by atoms with Crippen molar-refractivity contribution >= 4 is 22.1 Å². The molecule has 0 unspecified atom stereocenters. The Balaban J connectivity index is 1.89. The molecule has 0 aromatic carbocycles. The average molecular weight is 299 g/mol. The summed E-state index contributed by atoms with van der Waals surface area (Å²) in [6, 6.07) is 1.71. The fourth-order valence-corrected chi connectivity index (χ4v) is 2.98. The first-order valence-electron chi connectivity index (χ1n) is 6.27. The maximum Gasteiger partial charge on any atom is 0.244 e. The van der Waals surface area contributed by atoms with Gasteiger partial charge in [-0.2, -0.15) is 5.10 Å². The van der Waals surface area contributed by atoms with E-state index in [-0.39, 0.29) is 18.4 Å². The molecule has 1 saturated heterocycles. The van der Waals surface area contributed by atoms with Crippen LogP contribution in [0.2, 0.25) is 0 Å². The van der Waals surface area contributed by atoms with E-state index < -0.39 is 10.0 Å². The average Bonchev–Trinajstić information content (AvgIpc) is 2.91. The minimum atomic E-state index is -3.25. The monoisotopic (exact) mass is 299 g/mol. The van der Waals surface area contributed by atoms with Gasteiger partial charge in [0.2, 0.25) is 15.9 Å². The molecule has 1 atom stereocenters. The number of piperidine rings is 1. The Morgan fingerprint density at radius 2 is 2.40 bits per heavy atom. The predicted molar refractivity (Wildman–Crippen MR) is 73.6 cm³/mol. The second kappa shape index (κ2) is 6.19. The Kier molecular flexibility index (Phi) is 4.56. The van der Waals surface area contributed by atoms with Gasteiger partial charge in [-0.05, 0) is 18.9 Å². The van der Waals surface area contributed by atoms with Crippen molar-refractivity contribution in [1.82, 2.24) is 9.73 Å². The van der Waals surface area contributed by atoms with Gasteiger partial charge in [-0.25, -0.2) is 18.1 Å². The molecule has 1 amide bonds. The van der Waals surface area contributed by atoms with Crippen molar-refractivity contribution < 1.29 is 17.6 Å². The largest absolute Gasteiger partial charge is 0.472 e. The van der Waals surface area contributed by atoms with Crippen LogP contribution in [0.5, 0.6) is 0 Å². The van der Waals surface area contributed by atoms with Gasteiger partial charge in [-0.1, -0.05) is 0 Å². The van der Waals surface area contributed by atoms with Crippen molar-refractivity contribution in [2.24, 2.45) is 11.0 Å². The summed E-state index contributed by atoms with van der Waals surface area (Å²) < 4.78 is 29.2. The molecule has 0 radical (unpaired) electrons. The van der Waals surface area contributed by atoms with E-state index in [1.54, 1.807) is 6.07 Å². The molecule has 20 heavy (non-hydrogen) atoms. The van der Waals surface area contributed by atoms with E-state index >= 15 is 0 Å². The minimum Gasteiger partial charge on any atom is -0.472 e. The van der Waals surface area contributed by atoms with E-state index in [1.165, 1.54) is 23.0 Å². The van der Waals surface area contributed by atoms with Crippen molar-refractivity contribution in [3.05, 3.63) is 24.2 Å². The maximum atomic E-state index is 11.9. The molecular formula is C12H17N3O4S. The summed E-state index contributed by atoms with van der Waals surface area (Å²) in [4.78, 5) is 11.9. The van der Waals surface area contributed by atoms with Crippen LogP contribution in [0.4, 0.5) is 0 Å². The van der Waals surface area contributed by atoms with Crippen molar-refractivity contribution in [2.45, 2.75) is 12.8 Å². The van der Waals surface area contributed by atoms with Gasteiger partial charge in [-0.15, -0.1) is 0 Å². The zero-order valence-electron chi connectivity index (χ0n) is 11.2. The number of hydrogen-bond donors (Lipinski definition) is 1. The van der Waals surface area contributed by atoms with Crippen LogP contribution in [0.1, 0.15) is 18.4 Å². The van der Waals surface area contributed by atoms with Gasteiger partial charge in [0.15, 0.2) is 0 Å². The van der Waals surface area contributed by atoms with E-state index in [0.29, 0.717) is 19.4 Å². The zero-order valence-corrected chi connectivity index (χ0v) is 12.0. The number of carbonyl (C=O) groups is 1. The first-order chi connectivity index (χ1) is 9.47. The maximum absolute atomic E-state index is 11.9. The number of furan rings is 1. The summed E-state index contributed by atoms with van der Waals surface area (Å²) in [5, 5.41) is 3.82. The van der Waals surface area contributed by atoms with E-state index in [9.17, 15) is 13.2 Å². The number of carbonyl (C=O) groups excluding carboxylic acids is 1. The van der Waals surface area contributed by atoms with Crippen molar-refractivity contribution in [2.75, 3.05) is 19.3 Å². The highest BCUT2D eigenvalue weighted by Crippen LogP contribution is 2.18. The lowest BCUT2D eigenvalue weighted by molar-refractivity contribution is -0.126. The fourth-order valence-electron chi connectivity index (χ4n) is 2.07. The number of sulfonamides is 1.